The molecule has 0 radical (unpaired) electrons. The molecule has 2 aromatic rings. The van der Waals surface area contributed by atoms with Crippen molar-refractivity contribution >= 4 is 28.5 Å². The summed E-state index contributed by atoms with van der Waals surface area (Å²) in [6.45, 7) is 0. The third kappa shape index (κ3) is 3.15. The number of nitrogens with zero attached hydrogens (tertiary/aromatic N) is 1. The Balaban J connectivity index is 1.80. The highest BCUT2D eigenvalue weighted by Gasteiger charge is 2.30. The summed E-state index contributed by atoms with van der Waals surface area (Å²) in [5.41, 5.74) is 5.08. The molecule has 1 aliphatic carbocycles. The Morgan fingerprint density at radius 3 is 2.59 bits per heavy atom. The first-order valence-corrected chi connectivity index (χ1v) is 8.99. The number of para-hydroxylation sites is 1. The predicted molar refractivity (Wildman–Crippen MR) is 109 cm³/mol. The molecule has 0 N–H and O–H groups in total. The number of allylic oxidation sites excluding steroid dienone is 3. The van der Waals surface area contributed by atoms with Gasteiger partial charge in [-0.15, -0.1) is 0 Å². The molecule has 2 aromatic carbocycles. The third-order valence-electron chi connectivity index (χ3n) is 4.76. The highest BCUT2D eigenvalue weighted by Crippen LogP contribution is 2.43. The second kappa shape index (κ2) is 7.00. The van der Waals surface area contributed by atoms with Gasteiger partial charge in [0, 0.05) is 35.6 Å². The fraction of sp³-hybridized carbons (Fsp3) is 0.136. The van der Waals surface area contributed by atoms with E-state index in [2.05, 4.69) is 11.0 Å². The monoisotopic (exact) mass is 379 g/mol. The number of thiocarbonyl (C=S) groups is 1. The largest absolute Gasteiger partial charge is 0.497 e. The Labute approximate surface area is 163 Å². The van der Waals surface area contributed by atoms with Crippen molar-refractivity contribution in [3.05, 3.63) is 89.1 Å². The number of rotatable bonds is 3. The van der Waals surface area contributed by atoms with Crippen molar-refractivity contribution < 1.29 is 13.9 Å². The van der Waals surface area contributed by atoms with Crippen LogP contribution in [-0.2, 0) is 4.74 Å². The van der Waals surface area contributed by atoms with Gasteiger partial charge in [0.2, 0.25) is 0 Å². The number of halogens is 1. The van der Waals surface area contributed by atoms with E-state index in [1.54, 1.807) is 19.2 Å². The second-order valence-corrected chi connectivity index (χ2v) is 6.69. The zero-order valence-electron chi connectivity index (χ0n) is 15.0. The molecular formula is C22H18FNO2S. The number of ether oxygens (including phenoxy) is 2. The summed E-state index contributed by atoms with van der Waals surface area (Å²) >= 11 is 5.66. The fourth-order valence-electron chi connectivity index (χ4n) is 3.42. The van der Waals surface area contributed by atoms with Crippen molar-refractivity contribution in [3.63, 3.8) is 0 Å². The number of anilines is 1. The van der Waals surface area contributed by atoms with E-state index in [0.29, 0.717) is 17.2 Å². The molecule has 27 heavy (non-hydrogen) atoms. The van der Waals surface area contributed by atoms with Gasteiger partial charge in [0.15, 0.2) is 5.05 Å². The Morgan fingerprint density at radius 1 is 1.11 bits per heavy atom. The summed E-state index contributed by atoms with van der Waals surface area (Å²) in [5, 5.41) is 0.373. The van der Waals surface area contributed by atoms with Crippen LogP contribution < -0.4 is 9.64 Å². The van der Waals surface area contributed by atoms with E-state index in [0.717, 1.165) is 33.9 Å². The molecule has 0 fully saturated rings. The summed E-state index contributed by atoms with van der Waals surface area (Å²) in [6, 6.07) is 14.0. The van der Waals surface area contributed by atoms with E-state index in [1.165, 1.54) is 12.1 Å². The molecule has 1 heterocycles. The molecule has 136 valence electrons. The molecule has 3 nitrogen and oxygen atoms in total. The van der Waals surface area contributed by atoms with E-state index < -0.39 is 0 Å². The summed E-state index contributed by atoms with van der Waals surface area (Å²) < 4.78 is 24.5. The minimum atomic E-state index is -0.310. The van der Waals surface area contributed by atoms with E-state index in [1.807, 2.05) is 37.4 Å². The normalized spacial score (nSPS) is 15.4. The molecule has 0 bridgehead atoms. The molecule has 0 saturated carbocycles. The molecule has 0 spiro atoms. The predicted octanol–water partition coefficient (Wildman–Crippen LogP) is 5.25. The van der Waals surface area contributed by atoms with Gasteiger partial charge in [-0.25, -0.2) is 4.39 Å². The number of likely N-dealkylation sites (N-methyl/N-ethyl adjacent to an activating group) is 1. The van der Waals surface area contributed by atoms with Crippen LogP contribution in [-0.4, -0.2) is 19.2 Å². The fourth-order valence-corrected chi connectivity index (χ4v) is 3.75. The van der Waals surface area contributed by atoms with Gasteiger partial charge in [-0.05, 0) is 60.6 Å². The highest BCUT2D eigenvalue weighted by atomic mass is 32.1. The molecule has 0 saturated heterocycles. The number of methoxy groups -OCH3 is 1. The van der Waals surface area contributed by atoms with Crippen LogP contribution in [0.25, 0.3) is 5.57 Å². The van der Waals surface area contributed by atoms with E-state index in [4.69, 9.17) is 21.7 Å². The summed E-state index contributed by atoms with van der Waals surface area (Å²) in [5.74, 6) is 1.03. The maximum Gasteiger partial charge on any atom is 0.199 e. The Hall–Kier alpha value is -2.92. The van der Waals surface area contributed by atoms with Gasteiger partial charge in [0.1, 0.15) is 17.3 Å². The summed E-state index contributed by atoms with van der Waals surface area (Å²) in [4.78, 5) is 2.14. The SMILES string of the molecule is COC1=CCC2=C(C(=S)Oc3ccc(F)cc3)c3ccccc3N(C)C2=C1. The van der Waals surface area contributed by atoms with Crippen LogP contribution in [0.1, 0.15) is 12.0 Å². The highest BCUT2D eigenvalue weighted by molar-refractivity contribution is 7.81. The first kappa shape index (κ1) is 17.5. The van der Waals surface area contributed by atoms with E-state index in [-0.39, 0.29) is 5.82 Å². The van der Waals surface area contributed by atoms with Crippen molar-refractivity contribution in [2.24, 2.45) is 0 Å². The van der Waals surface area contributed by atoms with Crippen molar-refractivity contribution in [3.8, 4) is 5.75 Å². The molecule has 0 aromatic heterocycles. The minimum absolute atomic E-state index is 0.310. The second-order valence-electron chi connectivity index (χ2n) is 6.32. The van der Waals surface area contributed by atoms with Crippen molar-refractivity contribution in [2.45, 2.75) is 6.42 Å². The summed E-state index contributed by atoms with van der Waals surface area (Å²) in [6.07, 6.45) is 4.73. The summed E-state index contributed by atoms with van der Waals surface area (Å²) in [7, 11) is 3.70. The molecule has 1 aliphatic heterocycles. The Bertz CT molecular complexity index is 1010. The van der Waals surface area contributed by atoms with Crippen molar-refractivity contribution in [1.82, 2.24) is 0 Å². The van der Waals surface area contributed by atoms with Crippen molar-refractivity contribution in [1.29, 1.82) is 0 Å². The van der Waals surface area contributed by atoms with Gasteiger partial charge in [-0.1, -0.05) is 18.2 Å². The van der Waals surface area contributed by atoms with E-state index in [9.17, 15) is 4.39 Å². The topological polar surface area (TPSA) is 21.7 Å². The van der Waals surface area contributed by atoms with Gasteiger partial charge in [-0.2, -0.15) is 0 Å². The molecule has 0 unspecified atom stereocenters. The zero-order valence-corrected chi connectivity index (χ0v) is 15.8. The van der Waals surface area contributed by atoms with Crippen LogP contribution in [0.15, 0.2) is 77.7 Å². The van der Waals surface area contributed by atoms with Crippen LogP contribution >= 0.6 is 12.2 Å². The first-order valence-electron chi connectivity index (χ1n) is 8.58. The maximum atomic E-state index is 13.2. The van der Waals surface area contributed by atoms with Gasteiger partial charge >= 0.3 is 0 Å². The Kier molecular flexibility index (Phi) is 4.54. The number of fused-ring (bicyclic) bond motifs is 2. The van der Waals surface area contributed by atoms with Crippen LogP contribution in [0.3, 0.4) is 0 Å². The van der Waals surface area contributed by atoms with Crippen LogP contribution in [0.5, 0.6) is 5.75 Å². The van der Waals surface area contributed by atoms with Crippen molar-refractivity contribution in [2.75, 3.05) is 19.1 Å². The average Bonchev–Trinajstić information content (AvgIpc) is 2.70. The molecule has 4 rings (SSSR count). The molecule has 0 atom stereocenters. The molecular weight excluding hydrogens is 361 g/mol. The van der Waals surface area contributed by atoms with Gasteiger partial charge < -0.3 is 14.4 Å². The standard InChI is InChI=1S/C22H18FNO2S/c1-24-19-6-4-3-5-17(19)21(18-12-11-16(25-2)13-20(18)24)22(27)26-15-9-7-14(23)8-10-15/h3-11,13H,12H2,1-2H3. The smallest absolute Gasteiger partial charge is 0.199 e. The molecule has 5 heteroatoms. The Morgan fingerprint density at radius 2 is 1.85 bits per heavy atom. The number of hydrogen-bond acceptors (Lipinski definition) is 4. The van der Waals surface area contributed by atoms with E-state index >= 15 is 0 Å². The maximum absolute atomic E-state index is 13.2. The van der Waals surface area contributed by atoms with Crippen LogP contribution in [0.2, 0.25) is 0 Å². The molecule has 0 amide bonds. The van der Waals surface area contributed by atoms with Crippen LogP contribution in [0, 0.1) is 5.82 Å². The zero-order chi connectivity index (χ0) is 19.0. The minimum Gasteiger partial charge on any atom is -0.497 e. The first-order chi connectivity index (χ1) is 13.1. The van der Waals surface area contributed by atoms with Gasteiger partial charge in [-0.3, -0.25) is 0 Å². The van der Waals surface area contributed by atoms with Crippen LogP contribution in [0.4, 0.5) is 10.1 Å². The van der Waals surface area contributed by atoms with Gasteiger partial charge in [0.05, 0.1) is 7.11 Å². The molecule has 2 aliphatic rings. The number of benzene rings is 2. The quantitative estimate of drug-likeness (QED) is 0.679. The van der Waals surface area contributed by atoms with Gasteiger partial charge in [0.25, 0.3) is 0 Å². The average molecular weight is 379 g/mol. The third-order valence-corrected chi connectivity index (χ3v) is 5.04. The lowest BCUT2D eigenvalue weighted by atomic mass is 9.87. The lowest BCUT2D eigenvalue weighted by molar-refractivity contribution is 0.304. The number of hydrogen-bond donors (Lipinski definition) is 0. The lowest BCUT2D eigenvalue weighted by Crippen LogP contribution is -2.28. The lowest BCUT2D eigenvalue weighted by Gasteiger charge is -2.35.